The van der Waals surface area contributed by atoms with Crippen molar-refractivity contribution in [2.45, 2.75) is 0 Å². The summed E-state index contributed by atoms with van der Waals surface area (Å²) in [5, 5.41) is 1.79. The number of nitrogen functional groups attached to an aromatic ring is 1. The molecule has 2 heterocycles. The number of cyclic esters (lactones) is 1. The summed E-state index contributed by atoms with van der Waals surface area (Å²) >= 11 is 1.29. The van der Waals surface area contributed by atoms with Gasteiger partial charge >= 0.3 is 11.9 Å². The molecule has 0 aliphatic carbocycles. The number of carbonyl (C=O) groups is 2. The first-order valence-corrected chi connectivity index (χ1v) is 9.73. The number of esters is 2. The third-order valence-electron chi connectivity index (χ3n) is 4.19. The van der Waals surface area contributed by atoms with Crippen LogP contribution in [0.1, 0.15) is 20.8 Å². The third-order valence-corrected chi connectivity index (χ3v) is 5.04. The van der Waals surface area contributed by atoms with Gasteiger partial charge in [0.15, 0.2) is 17.2 Å². The van der Waals surface area contributed by atoms with E-state index in [2.05, 4.69) is 4.99 Å². The average Bonchev–Trinajstić information content (AvgIpc) is 3.40. The summed E-state index contributed by atoms with van der Waals surface area (Å²) in [5.74, 6) is -0.193. The van der Waals surface area contributed by atoms with Crippen molar-refractivity contribution in [1.29, 1.82) is 0 Å². The smallest absolute Gasteiger partial charge is 0.363 e. The van der Waals surface area contributed by atoms with E-state index in [0.29, 0.717) is 27.4 Å². The van der Waals surface area contributed by atoms with Crippen LogP contribution in [-0.4, -0.2) is 24.9 Å². The van der Waals surface area contributed by atoms with Gasteiger partial charge in [0.1, 0.15) is 4.88 Å². The number of nitrogens with zero attached hydrogens (tertiary/aromatic N) is 1. The van der Waals surface area contributed by atoms with Gasteiger partial charge in [0, 0.05) is 11.3 Å². The molecule has 7 nitrogen and oxygen atoms in total. The average molecular weight is 420 g/mol. The van der Waals surface area contributed by atoms with Crippen LogP contribution in [0, 0.1) is 0 Å². The molecule has 0 bridgehead atoms. The van der Waals surface area contributed by atoms with E-state index in [-0.39, 0.29) is 17.3 Å². The monoisotopic (exact) mass is 420 g/mol. The van der Waals surface area contributed by atoms with Gasteiger partial charge in [-0.25, -0.2) is 14.6 Å². The van der Waals surface area contributed by atoms with Crippen molar-refractivity contribution in [3.8, 4) is 11.5 Å². The number of carbonyl (C=O) groups excluding carboxylic acids is 2. The molecule has 1 aliphatic heterocycles. The highest BCUT2D eigenvalue weighted by molar-refractivity contribution is 7.12. The molecule has 2 aromatic carbocycles. The number of aliphatic imine (C=N–C) groups is 1. The number of thiophene rings is 1. The van der Waals surface area contributed by atoms with E-state index in [1.807, 2.05) is 0 Å². The number of hydrogen-bond donors (Lipinski definition) is 1. The van der Waals surface area contributed by atoms with Gasteiger partial charge in [-0.2, -0.15) is 0 Å². The number of benzene rings is 2. The first kappa shape index (κ1) is 19.4. The Morgan fingerprint density at radius 1 is 1.13 bits per heavy atom. The van der Waals surface area contributed by atoms with Crippen molar-refractivity contribution in [1.82, 2.24) is 0 Å². The maximum Gasteiger partial charge on any atom is 0.363 e. The van der Waals surface area contributed by atoms with Crippen LogP contribution in [0.4, 0.5) is 5.69 Å². The standard InChI is InChI=1S/C22H16N2O5S/c1-27-18-12-13(4-9-17(18)28-22(26)19-3-2-10-30-19)11-16-21(25)29-20(24-16)14-5-7-15(23)8-6-14/h2-12H,23H2,1H3. The highest BCUT2D eigenvalue weighted by Gasteiger charge is 2.24. The lowest BCUT2D eigenvalue weighted by atomic mass is 10.1. The van der Waals surface area contributed by atoms with E-state index in [9.17, 15) is 9.59 Å². The van der Waals surface area contributed by atoms with Gasteiger partial charge in [0.25, 0.3) is 0 Å². The molecule has 1 aliphatic rings. The Bertz CT molecular complexity index is 1160. The quantitative estimate of drug-likeness (QED) is 0.291. The number of methoxy groups -OCH3 is 1. The number of rotatable bonds is 5. The molecule has 0 saturated heterocycles. The lowest BCUT2D eigenvalue weighted by molar-refractivity contribution is -0.129. The van der Waals surface area contributed by atoms with Gasteiger partial charge in [-0.3, -0.25) is 0 Å². The first-order valence-electron chi connectivity index (χ1n) is 8.85. The first-order chi connectivity index (χ1) is 14.5. The predicted octanol–water partition coefficient (Wildman–Crippen LogP) is 3.90. The number of anilines is 1. The molecule has 0 atom stereocenters. The minimum Gasteiger partial charge on any atom is -0.493 e. The molecular formula is C22H16N2O5S. The van der Waals surface area contributed by atoms with Crippen molar-refractivity contribution < 1.29 is 23.8 Å². The summed E-state index contributed by atoms with van der Waals surface area (Å²) in [4.78, 5) is 29.1. The van der Waals surface area contributed by atoms with E-state index in [4.69, 9.17) is 19.9 Å². The molecule has 0 amide bonds. The third kappa shape index (κ3) is 4.08. The maximum atomic E-state index is 12.2. The Morgan fingerprint density at radius 2 is 1.93 bits per heavy atom. The van der Waals surface area contributed by atoms with Gasteiger partial charge in [0.2, 0.25) is 5.90 Å². The molecule has 1 aromatic heterocycles. The number of nitrogens with two attached hydrogens (primary N) is 1. The summed E-state index contributed by atoms with van der Waals surface area (Å²) < 4.78 is 16.0. The van der Waals surface area contributed by atoms with Crippen LogP contribution >= 0.6 is 11.3 Å². The molecule has 0 spiro atoms. The lowest BCUT2D eigenvalue weighted by Crippen LogP contribution is -2.07. The molecule has 0 radical (unpaired) electrons. The fourth-order valence-electron chi connectivity index (χ4n) is 2.72. The van der Waals surface area contributed by atoms with Gasteiger partial charge < -0.3 is 19.9 Å². The molecule has 8 heteroatoms. The number of ether oxygens (including phenoxy) is 3. The van der Waals surface area contributed by atoms with Crippen LogP contribution in [0.15, 0.2) is 70.7 Å². The van der Waals surface area contributed by atoms with Crippen LogP contribution in [0.2, 0.25) is 0 Å². The van der Waals surface area contributed by atoms with Crippen molar-refractivity contribution in [2.75, 3.05) is 12.8 Å². The highest BCUT2D eigenvalue weighted by Crippen LogP contribution is 2.31. The zero-order chi connectivity index (χ0) is 21.1. The topological polar surface area (TPSA) is 100 Å². The van der Waals surface area contributed by atoms with Crippen molar-refractivity contribution in [3.63, 3.8) is 0 Å². The van der Waals surface area contributed by atoms with Crippen LogP contribution in [-0.2, 0) is 9.53 Å². The second-order valence-electron chi connectivity index (χ2n) is 6.24. The summed E-state index contributed by atoms with van der Waals surface area (Å²) in [5.41, 5.74) is 7.71. The normalized spacial score (nSPS) is 14.4. The maximum absolute atomic E-state index is 12.2. The molecular weight excluding hydrogens is 404 g/mol. The summed E-state index contributed by atoms with van der Waals surface area (Å²) in [7, 11) is 1.47. The molecule has 0 saturated carbocycles. The molecule has 3 aromatic rings. The second kappa shape index (κ2) is 8.22. The van der Waals surface area contributed by atoms with Crippen molar-refractivity contribution >= 4 is 40.9 Å². The Hall–Kier alpha value is -3.91. The van der Waals surface area contributed by atoms with E-state index >= 15 is 0 Å². The summed E-state index contributed by atoms with van der Waals surface area (Å²) in [6.45, 7) is 0. The molecule has 150 valence electrons. The van der Waals surface area contributed by atoms with Gasteiger partial charge in [-0.15, -0.1) is 11.3 Å². The SMILES string of the molecule is COc1cc(C=C2N=C(c3ccc(N)cc3)OC2=O)ccc1OC(=O)c1cccs1. The predicted molar refractivity (Wildman–Crippen MR) is 114 cm³/mol. The minimum atomic E-state index is -0.561. The molecule has 4 rings (SSSR count). The Morgan fingerprint density at radius 3 is 2.63 bits per heavy atom. The highest BCUT2D eigenvalue weighted by atomic mass is 32.1. The van der Waals surface area contributed by atoms with Crippen molar-refractivity contribution in [2.24, 2.45) is 4.99 Å². The van der Waals surface area contributed by atoms with E-state index in [1.54, 1.807) is 66.1 Å². The van der Waals surface area contributed by atoms with Gasteiger partial charge in [-0.05, 0) is 59.5 Å². The zero-order valence-corrected chi connectivity index (χ0v) is 16.6. The van der Waals surface area contributed by atoms with Crippen LogP contribution in [0.25, 0.3) is 6.08 Å². The van der Waals surface area contributed by atoms with Crippen LogP contribution < -0.4 is 15.2 Å². The molecule has 0 fully saturated rings. The van der Waals surface area contributed by atoms with Crippen molar-refractivity contribution in [3.05, 3.63) is 81.7 Å². The summed E-state index contributed by atoms with van der Waals surface area (Å²) in [6.07, 6.45) is 1.57. The van der Waals surface area contributed by atoms with Gasteiger partial charge in [-0.1, -0.05) is 12.1 Å². The number of hydrogen-bond acceptors (Lipinski definition) is 8. The van der Waals surface area contributed by atoms with E-state index < -0.39 is 11.9 Å². The Labute approximate surface area is 176 Å². The van der Waals surface area contributed by atoms with E-state index in [1.165, 1.54) is 18.4 Å². The second-order valence-corrected chi connectivity index (χ2v) is 7.18. The Kier molecular flexibility index (Phi) is 5.32. The fourth-order valence-corrected chi connectivity index (χ4v) is 3.32. The minimum absolute atomic E-state index is 0.146. The van der Waals surface area contributed by atoms with Crippen LogP contribution in [0.5, 0.6) is 11.5 Å². The summed E-state index contributed by atoms with van der Waals surface area (Å²) in [6, 6.07) is 15.2. The largest absolute Gasteiger partial charge is 0.493 e. The molecule has 2 N–H and O–H groups in total. The fraction of sp³-hybridized carbons (Fsp3) is 0.0455. The van der Waals surface area contributed by atoms with Crippen LogP contribution in [0.3, 0.4) is 0 Å². The zero-order valence-electron chi connectivity index (χ0n) is 15.8. The van der Waals surface area contributed by atoms with E-state index in [0.717, 1.165) is 0 Å². The molecule has 0 unspecified atom stereocenters. The lowest BCUT2D eigenvalue weighted by Gasteiger charge is -2.09. The Balaban J connectivity index is 1.58. The molecule has 30 heavy (non-hydrogen) atoms. The van der Waals surface area contributed by atoms with Gasteiger partial charge in [0.05, 0.1) is 7.11 Å².